The average molecular weight is 668 g/mol. The fourth-order valence-corrected chi connectivity index (χ4v) is 7.18. The highest BCUT2D eigenvalue weighted by molar-refractivity contribution is 6.17. The van der Waals surface area contributed by atoms with Crippen LogP contribution in [0.25, 0.3) is 94.8 Å². The molecule has 52 heavy (non-hydrogen) atoms. The molecular formula is C46H29N5O. The predicted molar refractivity (Wildman–Crippen MR) is 209 cm³/mol. The van der Waals surface area contributed by atoms with Crippen molar-refractivity contribution in [3.05, 3.63) is 176 Å². The highest BCUT2D eigenvalue weighted by Gasteiger charge is 2.25. The van der Waals surface area contributed by atoms with E-state index in [-0.39, 0.29) is 0 Å². The van der Waals surface area contributed by atoms with E-state index in [4.69, 9.17) is 14.4 Å². The number of hydrogen-bond acceptors (Lipinski definition) is 5. The molecule has 0 unspecified atom stereocenters. The Morgan fingerprint density at radius 1 is 0.481 bits per heavy atom. The van der Waals surface area contributed by atoms with Gasteiger partial charge in [0.05, 0.1) is 27.6 Å². The largest absolute Gasteiger partial charge is 0.455 e. The molecule has 0 spiro atoms. The summed E-state index contributed by atoms with van der Waals surface area (Å²) in [6, 6.07) is 52.0. The van der Waals surface area contributed by atoms with Crippen molar-refractivity contribution in [3.63, 3.8) is 0 Å². The Balaban J connectivity index is 1.14. The lowest BCUT2D eigenvalue weighted by Crippen LogP contribution is -1.97. The Morgan fingerprint density at radius 3 is 1.88 bits per heavy atom. The molecule has 0 bridgehead atoms. The molecule has 0 aliphatic heterocycles. The van der Waals surface area contributed by atoms with Crippen LogP contribution in [-0.2, 0) is 0 Å². The lowest BCUT2D eigenvalue weighted by atomic mass is 9.95. The van der Waals surface area contributed by atoms with E-state index in [1.54, 1.807) is 12.4 Å². The normalized spacial score (nSPS) is 11.5. The van der Waals surface area contributed by atoms with Crippen LogP contribution in [0.3, 0.4) is 0 Å². The summed E-state index contributed by atoms with van der Waals surface area (Å²) in [6.07, 6.45) is 7.28. The first-order valence-electron chi connectivity index (χ1n) is 17.2. The van der Waals surface area contributed by atoms with E-state index in [1.807, 2.05) is 60.9 Å². The van der Waals surface area contributed by atoms with E-state index in [1.165, 1.54) is 0 Å². The summed E-state index contributed by atoms with van der Waals surface area (Å²) < 4.78 is 9.11. The van der Waals surface area contributed by atoms with Crippen LogP contribution >= 0.6 is 0 Å². The number of hydrogen-bond donors (Lipinski definition) is 0. The Kier molecular flexibility index (Phi) is 7.03. The minimum atomic E-state index is 0.740. The van der Waals surface area contributed by atoms with Crippen molar-refractivity contribution in [1.82, 2.24) is 24.5 Å². The summed E-state index contributed by atoms with van der Waals surface area (Å²) in [5, 5.41) is 1.89. The summed E-state index contributed by atoms with van der Waals surface area (Å²) in [5.41, 5.74) is 12.6. The van der Waals surface area contributed by atoms with Crippen LogP contribution in [0.4, 0.5) is 0 Å². The highest BCUT2D eigenvalue weighted by Crippen LogP contribution is 2.46. The Bertz CT molecular complexity index is 2870. The number of aromatic nitrogens is 5. The molecule has 0 atom stereocenters. The van der Waals surface area contributed by atoms with Crippen LogP contribution in [0.5, 0.6) is 0 Å². The minimum absolute atomic E-state index is 0.740. The lowest BCUT2D eigenvalue weighted by molar-refractivity contribution is 0.635. The number of nitrogens with zero attached hydrogens (tertiary/aromatic N) is 5. The fourth-order valence-electron chi connectivity index (χ4n) is 7.18. The van der Waals surface area contributed by atoms with Crippen molar-refractivity contribution >= 4 is 32.9 Å². The second-order valence-electron chi connectivity index (χ2n) is 12.7. The molecule has 5 aromatic heterocycles. The number of imidazole rings is 1. The van der Waals surface area contributed by atoms with Crippen LogP contribution < -0.4 is 0 Å². The third kappa shape index (κ3) is 4.96. The van der Waals surface area contributed by atoms with Crippen LogP contribution in [0.1, 0.15) is 0 Å². The van der Waals surface area contributed by atoms with Crippen molar-refractivity contribution in [2.75, 3.05) is 0 Å². The molecular weight excluding hydrogens is 639 g/mol. The van der Waals surface area contributed by atoms with Gasteiger partial charge in [0.25, 0.3) is 0 Å². The fraction of sp³-hybridized carbons (Fsp3) is 0. The van der Waals surface area contributed by atoms with E-state index in [0.717, 1.165) is 94.8 Å². The van der Waals surface area contributed by atoms with Gasteiger partial charge in [-0.3, -0.25) is 14.5 Å². The van der Waals surface area contributed by atoms with Crippen LogP contribution in [-0.4, -0.2) is 24.5 Å². The number of rotatable bonds is 6. The summed E-state index contributed by atoms with van der Waals surface area (Å²) in [4.78, 5) is 19.3. The van der Waals surface area contributed by atoms with E-state index in [9.17, 15) is 0 Å². The molecule has 5 heterocycles. The van der Waals surface area contributed by atoms with E-state index < -0.39 is 0 Å². The first-order chi connectivity index (χ1) is 25.8. The van der Waals surface area contributed by atoms with Crippen molar-refractivity contribution < 1.29 is 4.42 Å². The zero-order chi connectivity index (χ0) is 34.4. The first-order valence-corrected chi connectivity index (χ1v) is 17.2. The minimum Gasteiger partial charge on any atom is -0.455 e. The number of furan rings is 1. The van der Waals surface area contributed by atoms with Crippen LogP contribution in [0.15, 0.2) is 181 Å². The Morgan fingerprint density at radius 2 is 1.13 bits per heavy atom. The number of benzene rings is 5. The topological polar surface area (TPSA) is 69.6 Å². The molecule has 0 aliphatic rings. The maximum atomic E-state index is 6.88. The quantitative estimate of drug-likeness (QED) is 0.176. The van der Waals surface area contributed by atoms with E-state index in [0.29, 0.717) is 0 Å². The lowest BCUT2D eigenvalue weighted by Gasteiger charge is -2.11. The molecule has 6 heteroatoms. The Labute approximate surface area is 299 Å². The smallest absolute Gasteiger partial charge is 0.147 e. The monoisotopic (exact) mass is 667 g/mol. The molecule has 0 N–H and O–H groups in total. The van der Waals surface area contributed by atoms with Gasteiger partial charge in [-0.05, 0) is 65.7 Å². The summed E-state index contributed by atoms with van der Waals surface area (Å²) in [5.74, 6) is 1.64. The summed E-state index contributed by atoms with van der Waals surface area (Å²) >= 11 is 0. The van der Waals surface area contributed by atoms with E-state index in [2.05, 4.69) is 118 Å². The van der Waals surface area contributed by atoms with Crippen molar-refractivity contribution in [1.29, 1.82) is 0 Å². The number of fused-ring (bicyclic) bond motifs is 4. The summed E-state index contributed by atoms with van der Waals surface area (Å²) in [6.45, 7) is 0. The van der Waals surface area contributed by atoms with Gasteiger partial charge < -0.3 is 4.42 Å². The molecule has 0 amide bonds. The van der Waals surface area contributed by atoms with Crippen molar-refractivity contribution in [3.8, 4) is 61.9 Å². The van der Waals surface area contributed by atoms with Gasteiger partial charge in [-0.2, -0.15) is 0 Å². The van der Waals surface area contributed by atoms with Gasteiger partial charge in [-0.1, -0.05) is 97.1 Å². The molecule has 244 valence electrons. The number of pyridine rings is 3. The molecule has 10 aromatic rings. The molecule has 0 saturated carbocycles. The standard InChI is InChI=1S/C46H29N5O/c1-3-11-31(12-4-1)43-42-41(34-13-9-25-47-28-34)44(35-14-10-26-48-29-35)52-45(42)37-24-23-33(27-39(37)49-43)30-19-21-32(22-20-30)46-50-38-17-7-8-18-40(38)51(46)36-15-5-2-6-16-36/h1-29H. The van der Waals surface area contributed by atoms with Gasteiger partial charge in [-0.15, -0.1) is 0 Å². The van der Waals surface area contributed by atoms with Crippen LogP contribution in [0, 0.1) is 0 Å². The molecule has 10 rings (SSSR count). The zero-order valence-corrected chi connectivity index (χ0v) is 27.9. The highest BCUT2D eigenvalue weighted by atomic mass is 16.3. The van der Waals surface area contributed by atoms with Crippen molar-refractivity contribution in [2.24, 2.45) is 0 Å². The van der Waals surface area contributed by atoms with Gasteiger partial charge in [0, 0.05) is 63.7 Å². The molecule has 0 saturated heterocycles. The van der Waals surface area contributed by atoms with Gasteiger partial charge >= 0.3 is 0 Å². The molecule has 0 fully saturated rings. The zero-order valence-electron chi connectivity index (χ0n) is 27.9. The third-order valence-corrected chi connectivity index (χ3v) is 9.59. The molecule has 5 aromatic carbocycles. The predicted octanol–water partition coefficient (Wildman–Crippen LogP) is 11.4. The summed E-state index contributed by atoms with van der Waals surface area (Å²) in [7, 11) is 0. The molecule has 0 radical (unpaired) electrons. The molecule has 0 aliphatic carbocycles. The van der Waals surface area contributed by atoms with E-state index >= 15 is 0 Å². The van der Waals surface area contributed by atoms with Gasteiger partial charge in [0.1, 0.15) is 17.2 Å². The van der Waals surface area contributed by atoms with Crippen LogP contribution in [0.2, 0.25) is 0 Å². The SMILES string of the molecule is c1ccc(-c2nc3cc(-c4ccc(-c5nc6ccccc6n5-c5ccccc5)cc4)ccc3c3oc(-c4cccnc4)c(-c4cccnc4)c23)cc1. The second kappa shape index (κ2) is 12.3. The van der Waals surface area contributed by atoms with Crippen molar-refractivity contribution in [2.45, 2.75) is 0 Å². The van der Waals surface area contributed by atoms with Gasteiger partial charge in [0.15, 0.2) is 0 Å². The van der Waals surface area contributed by atoms with Gasteiger partial charge in [0.2, 0.25) is 0 Å². The third-order valence-electron chi connectivity index (χ3n) is 9.59. The average Bonchev–Trinajstić information content (AvgIpc) is 3.82. The molecule has 6 nitrogen and oxygen atoms in total. The first kappa shape index (κ1) is 29.7. The second-order valence-corrected chi connectivity index (χ2v) is 12.7. The maximum absolute atomic E-state index is 6.88. The Hall–Kier alpha value is -7.18. The van der Waals surface area contributed by atoms with Gasteiger partial charge in [-0.25, -0.2) is 9.97 Å². The maximum Gasteiger partial charge on any atom is 0.147 e. The number of para-hydroxylation sites is 3.